The van der Waals surface area contributed by atoms with Gasteiger partial charge in [0.05, 0.1) is 18.8 Å². The summed E-state index contributed by atoms with van der Waals surface area (Å²) in [5, 5.41) is 17.6. The van der Waals surface area contributed by atoms with Crippen molar-refractivity contribution in [1.29, 1.82) is 5.26 Å². The highest BCUT2D eigenvalue weighted by Crippen LogP contribution is 2.25. The summed E-state index contributed by atoms with van der Waals surface area (Å²) in [6.07, 6.45) is 3.71. The predicted octanol–water partition coefficient (Wildman–Crippen LogP) is 0.532. The van der Waals surface area contributed by atoms with E-state index in [1.54, 1.807) is 12.3 Å². The highest BCUT2D eigenvalue weighted by atomic mass is 16.5. The number of likely N-dealkylation sites (tertiary alicyclic amines) is 1. The molecule has 0 bridgehead atoms. The summed E-state index contributed by atoms with van der Waals surface area (Å²) in [7, 11) is 0. The number of hydrogen-bond acceptors (Lipinski definition) is 6. The third-order valence-electron chi connectivity index (χ3n) is 4.71. The summed E-state index contributed by atoms with van der Waals surface area (Å²) in [5.74, 6) is 0.933. The highest BCUT2D eigenvalue weighted by molar-refractivity contribution is 5.83. The van der Waals surface area contributed by atoms with E-state index in [1.165, 1.54) is 0 Å². The Morgan fingerprint density at radius 1 is 1.29 bits per heavy atom. The second-order valence-electron chi connectivity index (χ2n) is 6.14. The van der Waals surface area contributed by atoms with Crippen molar-refractivity contribution in [3.63, 3.8) is 0 Å². The van der Waals surface area contributed by atoms with Gasteiger partial charge in [-0.15, -0.1) is 0 Å². The Bertz CT molecular complexity index is 605. The number of rotatable bonds is 5. The smallest absolute Gasteiger partial charge is 0.252 e. The van der Waals surface area contributed by atoms with E-state index in [2.05, 4.69) is 16.0 Å². The molecule has 0 aliphatic carbocycles. The molecule has 3 heterocycles. The van der Waals surface area contributed by atoms with Crippen LogP contribution in [0.15, 0.2) is 18.3 Å². The van der Waals surface area contributed by atoms with Gasteiger partial charge in [-0.05, 0) is 25.0 Å². The molecule has 7 nitrogen and oxygen atoms in total. The van der Waals surface area contributed by atoms with Crippen LogP contribution >= 0.6 is 0 Å². The second-order valence-corrected chi connectivity index (χ2v) is 6.14. The Morgan fingerprint density at radius 3 is 2.71 bits per heavy atom. The number of nitrogens with zero attached hydrogens (tertiary/aromatic N) is 4. The van der Waals surface area contributed by atoms with Gasteiger partial charge in [-0.2, -0.15) is 5.26 Å². The molecule has 2 fully saturated rings. The van der Waals surface area contributed by atoms with Crippen LogP contribution in [0.4, 0.5) is 5.82 Å². The van der Waals surface area contributed by atoms with Crippen molar-refractivity contribution in [3.8, 4) is 6.07 Å². The van der Waals surface area contributed by atoms with Crippen LogP contribution in [0.3, 0.4) is 0 Å². The molecular weight excluding hydrogens is 308 g/mol. The number of aliphatic hydroxyl groups is 1. The van der Waals surface area contributed by atoms with Crippen LogP contribution < -0.4 is 4.90 Å². The summed E-state index contributed by atoms with van der Waals surface area (Å²) in [5.41, 5.74) is 0.560. The van der Waals surface area contributed by atoms with Crippen LogP contribution in [-0.2, 0) is 9.53 Å². The molecule has 24 heavy (non-hydrogen) atoms. The summed E-state index contributed by atoms with van der Waals surface area (Å²) in [4.78, 5) is 20.9. The molecule has 1 atom stereocenters. The van der Waals surface area contributed by atoms with Crippen molar-refractivity contribution in [1.82, 2.24) is 9.88 Å². The molecule has 0 spiro atoms. The molecule has 3 rings (SSSR count). The summed E-state index contributed by atoms with van der Waals surface area (Å²) >= 11 is 0. The number of amides is 1. The number of hydrogen-bond donors (Lipinski definition) is 1. The Hall–Kier alpha value is -2.17. The Kier molecular flexibility index (Phi) is 5.28. The average Bonchev–Trinajstić information content (AvgIpc) is 3.01. The molecule has 1 N–H and O–H groups in total. The number of carbonyl (C=O) groups is 1. The standard InChI is InChI=1S/C17H22N4O3/c18-11-13-1-2-16(19-12-13)20-6-3-14(4-7-20)21-8-5-15(17(21)23)24-10-9-22/h1-2,12,14-15,22H,3-10H2. The fourth-order valence-electron chi connectivity index (χ4n) is 3.43. The molecule has 0 radical (unpaired) electrons. The van der Waals surface area contributed by atoms with Crippen LogP contribution in [0.2, 0.25) is 0 Å². The van der Waals surface area contributed by atoms with Crippen molar-refractivity contribution >= 4 is 11.7 Å². The van der Waals surface area contributed by atoms with Crippen LogP contribution in [0.1, 0.15) is 24.8 Å². The van der Waals surface area contributed by atoms with Crippen LogP contribution in [0.25, 0.3) is 0 Å². The van der Waals surface area contributed by atoms with E-state index < -0.39 is 6.10 Å². The van der Waals surface area contributed by atoms with Crippen molar-refractivity contribution in [2.75, 3.05) is 37.7 Å². The fraction of sp³-hybridized carbons (Fsp3) is 0.588. The molecule has 2 aliphatic rings. The van der Waals surface area contributed by atoms with Crippen molar-refractivity contribution in [2.45, 2.75) is 31.4 Å². The number of aromatic nitrogens is 1. The minimum Gasteiger partial charge on any atom is -0.394 e. The number of pyridine rings is 1. The minimum absolute atomic E-state index is 0.0541. The monoisotopic (exact) mass is 330 g/mol. The first kappa shape index (κ1) is 16.7. The molecule has 0 aromatic carbocycles. The third-order valence-corrected chi connectivity index (χ3v) is 4.71. The zero-order valence-corrected chi connectivity index (χ0v) is 13.6. The number of piperidine rings is 1. The van der Waals surface area contributed by atoms with E-state index in [0.29, 0.717) is 12.0 Å². The maximum Gasteiger partial charge on any atom is 0.252 e. The number of nitriles is 1. The predicted molar refractivity (Wildman–Crippen MR) is 87.3 cm³/mol. The van der Waals surface area contributed by atoms with E-state index >= 15 is 0 Å². The lowest BCUT2D eigenvalue weighted by molar-refractivity contribution is -0.139. The van der Waals surface area contributed by atoms with E-state index in [-0.39, 0.29) is 25.2 Å². The van der Waals surface area contributed by atoms with Gasteiger partial charge in [0.2, 0.25) is 0 Å². The molecule has 2 aliphatic heterocycles. The summed E-state index contributed by atoms with van der Waals surface area (Å²) < 4.78 is 5.41. The zero-order valence-electron chi connectivity index (χ0n) is 13.6. The summed E-state index contributed by atoms with van der Waals surface area (Å²) in [6.45, 7) is 2.58. The van der Waals surface area contributed by atoms with Gasteiger partial charge in [-0.3, -0.25) is 4.79 Å². The topological polar surface area (TPSA) is 89.7 Å². The lowest BCUT2D eigenvalue weighted by Crippen LogP contribution is -2.46. The molecule has 1 aromatic heterocycles. The molecule has 128 valence electrons. The van der Waals surface area contributed by atoms with Gasteiger partial charge in [0.1, 0.15) is 18.0 Å². The number of ether oxygens (including phenoxy) is 1. The van der Waals surface area contributed by atoms with Gasteiger partial charge in [0.15, 0.2) is 0 Å². The van der Waals surface area contributed by atoms with Crippen molar-refractivity contribution in [3.05, 3.63) is 23.9 Å². The Labute approximate surface area is 141 Å². The largest absolute Gasteiger partial charge is 0.394 e. The maximum atomic E-state index is 12.4. The van der Waals surface area contributed by atoms with Crippen molar-refractivity contribution in [2.24, 2.45) is 0 Å². The molecule has 2 saturated heterocycles. The first-order chi connectivity index (χ1) is 11.7. The van der Waals surface area contributed by atoms with Gasteiger partial charge in [-0.25, -0.2) is 4.98 Å². The molecule has 1 aromatic rings. The van der Waals surface area contributed by atoms with Crippen LogP contribution in [0, 0.1) is 11.3 Å². The Morgan fingerprint density at radius 2 is 2.08 bits per heavy atom. The molecule has 1 amide bonds. The van der Waals surface area contributed by atoms with E-state index in [4.69, 9.17) is 15.1 Å². The van der Waals surface area contributed by atoms with Gasteiger partial charge < -0.3 is 19.6 Å². The van der Waals surface area contributed by atoms with Gasteiger partial charge >= 0.3 is 0 Å². The number of anilines is 1. The molecule has 0 saturated carbocycles. The molecule has 7 heteroatoms. The number of carbonyl (C=O) groups excluding carboxylic acids is 1. The number of aliphatic hydroxyl groups excluding tert-OH is 1. The normalized spacial score (nSPS) is 22.0. The molecular formula is C17H22N4O3. The Balaban J connectivity index is 1.53. The average molecular weight is 330 g/mol. The van der Waals surface area contributed by atoms with E-state index in [9.17, 15) is 4.79 Å². The maximum absolute atomic E-state index is 12.4. The van der Waals surface area contributed by atoms with Gasteiger partial charge in [0, 0.05) is 38.3 Å². The van der Waals surface area contributed by atoms with Crippen molar-refractivity contribution < 1.29 is 14.6 Å². The quantitative estimate of drug-likeness (QED) is 0.847. The first-order valence-electron chi connectivity index (χ1n) is 8.37. The second kappa shape index (κ2) is 7.60. The third kappa shape index (κ3) is 3.50. The SMILES string of the molecule is N#Cc1ccc(N2CCC(N3CCC(OCCO)C3=O)CC2)nc1. The lowest BCUT2D eigenvalue weighted by atomic mass is 10.0. The minimum atomic E-state index is -0.393. The first-order valence-corrected chi connectivity index (χ1v) is 8.37. The molecule has 1 unspecified atom stereocenters. The van der Waals surface area contributed by atoms with E-state index in [1.807, 2.05) is 11.0 Å². The lowest BCUT2D eigenvalue weighted by Gasteiger charge is -2.37. The summed E-state index contributed by atoms with van der Waals surface area (Å²) in [6, 6.07) is 5.97. The highest BCUT2D eigenvalue weighted by Gasteiger charge is 2.37. The van der Waals surface area contributed by atoms with Gasteiger partial charge in [-0.1, -0.05) is 0 Å². The fourth-order valence-corrected chi connectivity index (χ4v) is 3.43. The van der Waals surface area contributed by atoms with Gasteiger partial charge in [0.25, 0.3) is 5.91 Å². The zero-order chi connectivity index (χ0) is 16.9. The van der Waals surface area contributed by atoms with E-state index in [0.717, 1.165) is 38.3 Å². The van der Waals surface area contributed by atoms with Crippen LogP contribution in [-0.4, -0.2) is 65.9 Å². The van der Waals surface area contributed by atoms with Crippen LogP contribution in [0.5, 0.6) is 0 Å².